The number of halogens is 4. The highest BCUT2D eigenvalue weighted by Crippen LogP contribution is 2.35. The highest BCUT2D eigenvalue weighted by atomic mass is 35.5. The van der Waals surface area contributed by atoms with Crippen LogP contribution in [-0.2, 0) is 6.18 Å². The van der Waals surface area contributed by atoms with Crippen LogP contribution in [-0.4, -0.2) is 24.0 Å². The SMILES string of the molecule is CCN(CCCCl)c1ncccc1C(F)(F)F. The fourth-order valence-corrected chi connectivity index (χ4v) is 1.65. The monoisotopic (exact) mass is 266 g/mol. The summed E-state index contributed by atoms with van der Waals surface area (Å²) in [5.74, 6) is 0.401. The number of pyridine rings is 1. The van der Waals surface area contributed by atoms with Gasteiger partial charge in [-0.2, -0.15) is 13.2 Å². The van der Waals surface area contributed by atoms with Crippen molar-refractivity contribution in [1.29, 1.82) is 0 Å². The lowest BCUT2D eigenvalue weighted by Crippen LogP contribution is -2.28. The third-order valence-corrected chi connectivity index (χ3v) is 2.60. The number of aromatic nitrogens is 1. The van der Waals surface area contributed by atoms with Crippen molar-refractivity contribution in [3.05, 3.63) is 23.9 Å². The third-order valence-electron chi connectivity index (χ3n) is 2.33. The minimum atomic E-state index is -4.38. The highest BCUT2D eigenvalue weighted by Gasteiger charge is 2.35. The molecule has 96 valence electrons. The first-order valence-corrected chi connectivity index (χ1v) is 5.87. The molecule has 0 radical (unpaired) electrons. The second-order valence-electron chi connectivity index (χ2n) is 3.49. The van der Waals surface area contributed by atoms with Crippen molar-refractivity contribution in [2.24, 2.45) is 0 Å². The highest BCUT2D eigenvalue weighted by molar-refractivity contribution is 6.17. The second kappa shape index (κ2) is 6.10. The van der Waals surface area contributed by atoms with Crippen molar-refractivity contribution in [1.82, 2.24) is 4.98 Å². The largest absolute Gasteiger partial charge is 0.419 e. The Morgan fingerprint density at radius 2 is 2.12 bits per heavy atom. The van der Waals surface area contributed by atoms with E-state index in [1.807, 2.05) is 0 Å². The van der Waals surface area contributed by atoms with E-state index in [0.29, 0.717) is 25.4 Å². The summed E-state index contributed by atoms with van der Waals surface area (Å²) in [6, 6.07) is 2.34. The van der Waals surface area contributed by atoms with Crippen LogP contribution in [0.5, 0.6) is 0 Å². The molecule has 0 amide bonds. The van der Waals surface area contributed by atoms with Gasteiger partial charge in [0, 0.05) is 25.2 Å². The molecule has 1 aromatic heterocycles. The quantitative estimate of drug-likeness (QED) is 0.758. The van der Waals surface area contributed by atoms with Gasteiger partial charge in [-0.05, 0) is 25.5 Å². The molecule has 0 spiro atoms. The van der Waals surface area contributed by atoms with Gasteiger partial charge in [0.1, 0.15) is 5.82 Å². The number of rotatable bonds is 5. The van der Waals surface area contributed by atoms with Crippen LogP contribution in [0.2, 0.25) is 0 Å². The molecule has 0 saturated heterocycles. The summed E-state index contributed by atoms with van der Waals surface area (Å²) in [6.07, 6.45) is -2.38. The van der Waals surface area contributed by atoms with Gasteiger partial charge in [0.05, 0.1) is 5.56 Å². The Kier molecular flexibility index (Phi) is 5.05. The lowest BCUT2D eigenvalue weighted by molar-refractivity contribution is -0.137. The van der Waals surface area contributed by atoms with Crippen molar-refractivity contribution in [2.75, 3.05) is 23.9 Å². The molecule has 0 aliphatic carbocycles. The second-order valence-corrected chi connectivity index (χ2v) is 3.87. The van der Waals surface area contributed by atoms with E-state index in [9.17, 15) is 13.2 Å². The lowest BCUT2D eigenvalue weighted by Gasteiger charge is -2.24. The molecule has 1 rings (SSSR count). The Labute approximate surface area is 103 Å². The third kappa shape index (κ3) is 3.77. The Bertz CT molecular complexity index is 355. The molecule has 2 nitrogen and oxygen atoms in total. The predicted octanol–water partition coefficient (Wildman–Crippen LogP) is 3.56. The van der Waals surface area contributed by atoms with Gasteiger partial charge < -0.3 is 4.90 Å². The summed E-state index contributed by atoms with van der Waals surface area (Å²) in [5, 5.41) is 0. The minimum absolute atomic E-state index is 0.0207. The summed E-state index contributed by atoms with van der Waals surface area (Å²) in [7, 11) is 0. The molecular formula is C11H14ClF3N2. The zero-order valence-electron chi connectivity index (χ0n) is 9.47. The molecule has 0 saturated carbocycles. The van der Waals surface area contributed by atoms with Crippen LogP contribution in [0.3, 0.4) is 0 Å². The molecule has 0 unspecified atom stereocenters. The molecule has 6 heteroatoms. The van der Waals surface area contributed by atoms with E-state index >= 15 is 0 Å². The van der Waals surface area contributed by atoms with Crippen LogP contribution in [0.15, 0.2) is 18.3 Å². The number of hydrogen-bond donors (Lipinski definition) is 0. The van der Waals surface area contributed by atoms with E-state index in [4.69, 9.17) is 11.6 Å². The van der Waals surface area contributed by atoms with E-state index in [-0.39, 0.29) is 5.82 Å². The summed E-state index contributed by atoms with van der Waals surface area (Å²) >= 11 is 5.55. The normalized spacial score (nSPS) is 11.6. The van der Waals surface area contributed by atoms with Crippen LogP contribution >= 0.6 is 11.6 Å². The van der Waals surface area contributed by atoms with Crippen LogP contribution in [0, 0.1) is 0 Å². The van der Waals surface area contributed by atoms with Gasteiger partial charge in [0.25, 0.3) is 0 Å². The van der Waals surface area contributed by atoms with E-state index in [1.165, 1.54) is 12.3 Å². The molecule has 0 N–H and O–H groups in total. The van der Waals surface area contributed by atoms with Crippen molar-refractivity contribution >= 4 is 17.4 Å². The predicted molar refractivity (Wildman–Crippen MR) is 62.5 cm³/mol. The van der Waals surface area contributed by atoms with Gasteiger partial charge in [0.15, 0.2) is 0 Å². The number of anilines is 1. The number of hydrogen-bond acceptors (Lipinski definition) is 2. The van der Waals surface area contributed by atoms with E-state index in [2.05, 4.69) is 4.98 Å². The van der Waals surface area contributed by atoms with Gasteiger partial charge in [-0.25, -0.2) is 4.98 Å². The van der Waals surface area contributed by atoms with Crippen molar-refractivity contribution in [3.8, 4) is 0 Å². The topological polar surface area (TPSA) is 16.1 Å². The molecule has 1 aromatic rings. The maximum absolute atomic E-state index is 12.8. The Morgan fingerprint density at radius 3 is 2.65 bits per heavy atom. The van der Waals surface area contributed by atoms with Crippen LogP contribution < -0.4 is 4.90 Å². The van der Waals surface area contributed by atoms with E-state index < -0.39 is 11.7 Å². The fraction of sp³-hybridized carbons (Fsp3) is 0.545. The van der Waals surface area contributed by atoms with Crippen molar-refractivity contribution in [3.63, 3.8) is 0 Å². The van der Waals surface area contributed by atoms with Gasteiger partial charge in [0.2, 0.25) is 0 Å². The Balaban J connectivity index is 3.02. The molecule has 1 heterocycles. The number of alkyl halides is 4. The molecule has 17 heavy (non-hydrogen) atoms. The van der Waals surface area contributed by atoms with Crippen molar-refractivity contribution in [2.45, 2.75) is 19.5 Å². The van der Waals surface area contributed by atoms with Crippen molar-refractivity contribution < 1.29 is 13.2 Å². The molecule has 0 aliphatic rings. The lowest BCUT2D eigenvalue weighted by atomic mass is 10.2. The molecule has 0 aromatic carbocycles. The maximum atomic E-state index is 12.8. The molecule has 0 atom stereocenters. The first kappa shape index (κ1) is 14.1. The molecular weight excluding hydrogens is 253 g/mol. The smallest absolute Gasteiger partial charge is 0.356 e. The summed E-state index contributed by atoms with van der Waals surface area (Å²) in [6.45, 7) is 2.74. The first-order valence-electron chi connectivity index (χ1n) is 5.33. The maximum Gasteiger partial charge on any atom is 0.419 e. The summed E-state index contributed by atoms with van der Waals surface area (Å²) < 4.78 is 38.3. The van der Waals surface area contributed by atoms with Crippen LogP contribution in [0.1, 0.15) is 18.9 Å². The molecule has 0 aliphatic heterocycles. The molecule has 0 bridgehead atoms. The summed E-state index contributed by atoms with van der Waals surface area (Å²) in [4.78, 5) is 5.42. The van der Waals surface area contributed by atoms with Gasteiger partial charge in [-0.1, -0.05) is 0 Å². The minimum Gasteiger partial charge on any atom is -0.356 e. The first-order chi connectivity index (χ1) is 8.00. The average Bonchev–Trinajstić information content (AvgIpc) is 2.29. The van der Waals surface area contributed by atoms with Gasteiger partial charge >= 0.3 is 6.18 Å². The number of nitrogens with zero attached hydrogens (tertiary/aromatic N) is 2. The fourth-order valence-electron chi connectivity index (χ4n) is 1.53. The van der Waals surface area contributed by atoms with E-state index in [1.54, 1.807) is 11.8 Å². The zero-order chi connectivity index (χ0) is 12.9. The van der Waals surface area contributed by atoms with E-state index in [0.717, 1.165) is 6.07 Å². The standard InChI is InChI=1S/C11H14ClF3N2/c1-2-17(8-4-6-12)10-9(11(13,14)15)5-3-7-16-10/h3,5,7H,2,4,6,8H2,1H3. The summed E-state index contributed by atoms with van der Waals surface area (Å²) in [5.41, 5.74) is -0.698. The average molecular weight is 267 g/mol. The van der Waals surface area contributed by atoms with Gasteiger partial charge in [-0.15, -0.1) is 11.6 Å². The molecule has 0 fully saturated rings. The Morgan fingerprint density at radius 1 is 1.41 bits per heavy atom. The van der Waals surface area contributed by atoms with Crippen LogP contribution in [0.4, 0.5) is 19.0 Å². The zero-order valence-corrected chi connectivity index (χ0v) is 10.2. The Hall–Kier alpha value is -0.970. The van der Waals surface area contributed by atoms with Crippen LogP contribution in [0.25, 0.3) is 0 Å². The van der Waals surface area contributed by atoms with Gasteiger partial charge in [-0.3, -0.25) is 0 Å².